The van der Waals surface area contributed by atoms with Gasteiger partial charge >= 0.3 is 0 Å². The van der Waals surface area contributed by atoms with Crippen molar-refractivity contribution in [2.45, 2.75) is 43.1 Å². The summed E-state index contributed by atoms with van der Waals surface area (Å²) in [4.78, 5) is 28.2. The molecule has 1 amide bonds. The first-order chi connectivity index (χ1) is 14.0. The topological polar surface area (TPSA) is 89.8 Å². The monoisotopic (exact) mass is 407 g/mol. The predicted octanol–water partition coefficient (Wildman–Crippen LogP) is 4.00. The van der Waals surface area contributed by atoms with E-state index in [1.807, 2.05) is 19.1 Å². The molecule has 4 rings (SSSR count). The Morgan fingerprint density at radius 2 is 1.93 bits per heavy atom. The molecule has 1 atom stereocenters. The van der Waals surface area contributed by atoms with Crippen molar-refractivity contribution in [1.29, 1.82) is 0 Å². The number of ketones is 1. The molecule has 0 aliphatic heterocycles. The van der Waals surface area contributed by atoms with Gasteiger partial charge in [0.25, 0.3) is 0 Å². The summed E-state index contributed by atoms with van der Waals surface area (Å²) in [6.07, 6.45) is 5.69. The first kappa shape index (κ1) is 19.3. The average molecular weight is 407 g/mol. The van der Waals surface area contributed by atoms with Crippen LogP contribution in [-0.4, -0.2) is 36.7 Å². The minimum Gasteiger partial charge on any atom is -0.326 e. The quantitative estimate of drug-likeness (QED) is 0.470. The Kier molecular flexibility index (Phi) is 5.44. The standard InChI is InChI=1S/C21H21N5O2S/c1-13(19(28)15-5-7-17(8-6-15)23-14(2)27)29-21-25-24-20(26(21)18-9-10-18)16-4-3-11-22-12-16/h3-8,11-13,18H,9-10H2,1-2H3,(H,23,27). The summed E-state index contributed by atoms with van der Waals surface area (Å²) < 4.78 is 2.13. The molecule has 0 bridgehead atoms. The van der Waals surface area contributed by atoms with Gasteiger partial charge in [0, 0.05) is 42.2 Å². The molecule has 0 spiro atoms. The number of amides is 1. The number of anilines is 1. The van der Waals surface area contributed by atoms with E-state index in [1.54, 1.807) is 36.7 Å². The zero-order chi connectivity index (χ0) is 20.4. The lowest BCUT2D eigenvalue weighted by atomic mass is 10.1. The molecule has 148 valence electrons. The molecule has 1 unspecified atom stereocenters. The van der Waals surface area contributed by atoms with Crippen LogP contribution in [-0.2, 0) is 4.79 Å². The van der Waals surface area contributed by atoms with Gasteiger partial charge in [0.1, 0.15) is 0 Å². The van der Waals surface area contributed by atoms with Crippen LogP contribution < -0.4 is 5.32 Å². The highest BCUT2D eigenvalue weighted by atomic mass is 32.2. The van der Waals surface area contributed by atoms with Gasteiger partial charge in [0.2, 0.25) is 5.91 Å². The molecule has 7 nitrogen and oxygen atoms in total. The summed E-state index contributed by atoms with van der Waals surface area (Å²) in [5.74, 6) is 0.664. The number of hydrogen-bond acceptors (Lipinski definition) is 6. The van der Waals surface area contributed by atoms with E-state index in [9.17, 15) is 9.59 Å². The molecule has 2 heterocycles. The number of carbonyl (C=O) groups excluding carboxylic acids is 2. The number of Topliss-reactive ketones (excluding diaryl/α,β-unsaturated/α-hetero) is 1. The summed E-state index contributed by atoms with van der Waals surface area (Å²) in [6.45, 7) is 3.33. The molecule has 8 heteroatoms. The molecule has 1 N–H and O–H groups in total. The van der Waals surface area contributed by atoms with Crippen molar-refractivity contribution in [2.75, 3.05) is 5.32 Å². The molecule has 0 saturated heterocycles. The molecule has 2 aromatic heterocycles. The number of nitrogens with zero attached hydrogens (tertiary/aromatic N) is 4. The maximum Gasteiger partial charge on any atom is 0.221 e. The van der Waals surface area contributed by atoms with E-state index >= 15 is 0 Å². The summed E-state index contributed by atoms with van der Waals surface area (Å²) in [5, 5.41) is 11.9. The highest BCUT2D eigenvalue weighted by Crippen LogP contribution is 2.41. The second kappa shape index (κ2) is 8.16. The van der Waals surface area contributed by atoms with E-state index in [0.29, 0.717) is 17.3 Å². The van der Waals surface area contributed by atoms with Crippen molar-refractivity contribution in [3.05, 3.63) is 54.4 Å². The predicted molar refractivity (Wildman–Crippen MR) is 112 cm³/mol. The number of thioether (sulfide) groups is 1. The van der Waals surface area contributed by atoms with Crippen molar-refractivity contribution in [2.24, 2.45) is 0 Å². The number of carbonyl (C=O) groups is 2. The van der Waals surface area contributed by atoms with E-state index in [4.69, 9.17) is 0 Å². The number of nitrogens with one attached hydrogen (secondary N) is 1. The third kappa shape index (κ3) is 4.37. The third-order valence-electron chi connectivity index (χ3n) is 4.64. The van der Waals surface area contributed by atoms with Crippen LogP contribution in [0.25, 0.3) is 11.4 Å². The Bertz CT molecular complexity index is 1030. The van der Waals surface area contributed by atoms with E-state index in [-0.39, 0.29) is 16.9 Å². The average Bonchev–Trinajstić information content (AvgIpc) is 3.48. The Morgan fingerprint density at radius 1 is 1.17 bits per heavy atom. The van der Waals surface area contributed by atoms with E-state index in [2.05, 4.69) is 25.1 Å². The van der Waals surface area contributed by atoms with Crippen molar-refractivity contribution in [3.63, 3.8) is 0 Å². The molecule has 1 aliphatic rings. The molecule has 1 saturated carbocycles. The first-order valence-corrected chi connectivity index (χ1v) is 10.3. The molecule has 1 aliphatic carbocycles. The summed E-state index contributed by atoms with van der Waals surface area (Å²) in [6, 6.07) is 11.2. The van der Waals surface area contributed by atoms with Crippen LogP contribution in [0.1, 0.15) is 43.1 Å². The van der Waals surface area contributed by atoms with Crippen LogP contribution in [0, 0.1) is 0 Å². The van der Waals surface area contributed by atoms with Gasteiger partial charge in [-0.15, -0.1) is 10.2 Å². The Hall–Kier alpha value is -3.00. The zero-order valence-electron chi connectivity index (χ0n) is 16.2. The van der Waals surface area contributed by atoms with Crippen LogP contribution in [0.15, 0.2) is 53.9 Å². The second-order valence-electron chi connectivity index (χ2n) is 7.03. The lowest BCUT2D eigenvalue weighted by Gasteiger charge is -2.13. The number of rotatable bonds is 7. The molecule has 3 aromatic rings. The minimum absolute atomic E-state index is 0.0117. The Labute approximate surface area is 173 Å². The lowest BCUT2D eigenvalue weighted by Crippen LogP contribution is -2.15. The third-order valence-corrected chi connectivity index (χ3v) is 5.69. The maximum atomic E-state index is 12.9. The fourth-order valence-electron chi connectivity index (χ4n) is 3.08. The smallest absolute Gasteiger partial charge is 0.221 e. The van der Waals surface area contributed by atoms with Gasteiger partial charge in [-0.05, 0) is 56.2 Å². The van der Waals surface area contributed by atoms with E-state index < -0.39 is 0 Å². The Balaban J connectivity index is 1.52. The SMILES string of the molecule is CC(=O)Nc1ccc(C(=O)C(C)Sc2nnc(-c3cccnc3)n2C2CC2)cc1. The summed E-state index contributed by atoms with van der Waals surface area (Å²) in [5.41, 5.74) is 2.19. The highest BCUT2D eigenvalue weighted by molar-refractivity contribution is 8.00. The van der Waals surface area contributed by atoms with Gasteiger partial charge < -0.3 is 5.32 Å². The fourth-order valence-corrected chi connectivity index (χ4v) is 4.07. The first-order valence-electron chi connectivity index (χ1n) is 9.47. The van der Waals surface area contributed by atoms with Crippen molar-refractivity contribution in [1.82, 2.24) is 19.7 Å². The van der Waals surface area contributed by atoms with Crippen LogP contribution in [0.5, 0.6) is 0 Å². The van der Waals surface area contributed by atoms with Gasteiger partial charge in [-0.25, -0.2) is 0 Å². The molecule has 29 heavy (non-hydrogen) atoms. The minimum atomic E-state index is -0.315. The van der Waals surface area contributed by atoms with Crippen LogP contribution in [0.2, 0.25) is 0 Å². The number of benzene rings is 1. The van der Waals surface area contributed by atoms with Crippen LogP contribution >= 0.6 is 11.8 Å². The van der Waals surface area contributed by atoms with Gasteiger partial charge in [-0.3, -0.25) is 19.1 Å². The van der Waals surface area contributed by atoms with Gasteiger partial charge in [-0.2, -0.15) is 0 Å². The number of aromatic nitrogens is 4. The van der Waals surface area contributed by atoms with E-state index in [1.165, 1.54) is 18.7 Å². The molecule has 1 aromatic carbocycles. The summed E-state index contributed by atoms with van der Waals surface area (Å²) in [7, 11) is 0. The number of pyridine rings is 1. The van der Waals surface area contributed by atoms with E-state index in [0.717, 1.165) is 29.4 Å². The lowest BCUT2D eigenvalue weighted by molar-refractivity contribution is -0.114. The largest absolute Gasteiger partial charge is 0.326 e. The highest BCUT2D eigenvalue weighted by Gasteiger charge is 2.31. The normalized spacial score (nSPS) is 14.4. The second-order valence-corrected chi connectivity index (χ2v) is 8.34. The molecular formula is C21H21N5O2S. The fraction of sp³-hybridized carbons (Fsp3) is 0.286. The zero-order valence-corrected chi connectivity index (χ0v) is 17.0. The van der Waals surface area contributed by atoms with Crippen molar-refractivity contribution in [3.8, 4) is 11.4 Å². The van der Waals surface area contributed by atoms with Gasteiger partial charge in [0.05, 0.1) is 5.25 Å². The Morgan fingerprint density at radius 3 is 2.55 bits per heavy atom. The molecule has 1 fully saturated rings. The van der Waals surface area contributed by atoms with Gasteiger partial charge in [-0.1, -0.05) is 11.8 Å². The molecule has 0 radical (unpaired) electrons. The maximum absolute atomic E-state index is 12.9. The van der Waals surface area contributed by atoms with Crippen molar-refractivity contribution < 1.29 is 9.59 Å². The van der Waals surface area contributed by atoms with Gasteiger partial charge in [0.15, 0.2) is 16.8 Å². The summed E-state index contributed by atoms with van der Waals surface area (Å²) >= 11 is 1.42. The van der Waals surface area contributed by atoms with Crippen molar-refractivity contribution >= 4 is 29.1 Å². The van der Waals surface area contributed by atoms with Crippen LogP contribution in [0.4, 0.5) is 5.69 Å². The van der Waals surface area contributed by atoms with Crippen LogP contribution in [0.3, 0.4) is 0 Å². The number of hydrogen-bond donors (Lipinski definition) is 1. The molecular weight excluding hydrogens is 386 g/mol.